The van der Waals surface area contributed by atoms with Gasteiger partial charge >= 0.3 is 18.1 Å². The van der Waals surface area contributed by atoms with Gasteiger partial charge in [0, 0.05) is 36.9 Å². The zero-order chi connectivity index (χ0) is 24.9. The van der Waals surface area contributed by atoms with E-state index in [1.165, 1.54) is 7.11 Å². The van der Waals surface area contributed by atoms with Crippen LogP contribution in [-0.4, -0.2) is 66.8 Å². The van der Waals surface area contributed by atoms with Gasteiger partial charge < -0.3 is 19.3 Å². The van der Waals surface area contributed by atoms with E-state index in [1.54, 1.807) is 63.2 Å². The Balaban J connectivity index is 1.74. The third-order valence-electron chi connectivity index (χ3n) is 5.29. The van der Waals surface area contributed by atoms with Gasteiger partial charge in [0.25, 0.3) is 0 Å². The molecule has 0 spiro atoms. The number of nitrogens with zero attached hydrogens (tertiary/aromatic N) is 3. The number of rotatable bonds is 4. The zero-order valence-electron chi connectivity index (χ0n) is 19.9. The summed E-state index contributed by atoms with van der Waals surface area (Å²) in [5.41, 5.74) is 1.41. The molecule has 2 aromatic rings. The van der Waals surface area contributed by atoms with E-state index in [0.717, 1.165) is 5.56 Å². The van der Waals surface area contributed by atoms with Crippen molar-refractivity contribution in [1.29, 1.82) is 0 Å². The number of methoxy groups -OCH3 is 1. The van der Waals surface area contributed by atoms with E-state index in [2.05, 4.69) is 0 Å². The predicted octanol–water partition coefficient (Wildman–Crippen LogP) is 4.81. The summed E-state index contributed by atoms with van der Waals surface area (Å²) in [4.78, 5) is 42.6. The molecule has 9 heteroatoms. The number of piperazine rings is 1. The van der Waals surface area contributed by atoms with Crippen molar-refractivity contribution in [3.05, 3.63) is 64.7 Å². The van der Waals surface area contributed by atoms with Crippen LogP contribution in [0.25, 0.3) is 0 Å². The molecular weight excluding hydrogens is 458 g/mol. The summed E-state index contributed by atoms with van der Waals surface area (Å²) in [6.07, 6.45) is -0.375. The molecule has 0 N–H and O–H groups in total. The van der Waals surface area contributed by atoms with Crippen LogP contribution in [0.3, 0.4) is 0 Å². The van der Waals surface area contributed by atoms with Crippen LogP contribution in [-0.2, 0) is 16.0 Å². The number of hydrogen-bond acceptors (Lipinski definition) is 5. The minimum atomic E-state index is -0.571. The maximum absolute atomic E-state index is 13.5. The topological polar surface area (TPSA) is 79.4 Å². The highest BCUT2D eigenvalue weighted by Crippen LogP contribution is 2.23. The summed E-state index contributed by atoms with van der Waals surface area (Å²) in [5.74, 6) is -0.417. The molecule has 2 aromatic carbocycles. The lowest BCUT2D eigenvalue weighted by Crippen LogP contribution is -2.54. The molecule has 0 aromatic heterocycles. The Bertz CT molecular complexity index is 1010. The fraction of sp³-hybridized carbons (Fsp3) is 0.400. The van der Waals surface area contributed by atoms with Gasteiger partial charge in [-0.2, -0.15) is 0 Å². The van der Waals surface area contributed by atoms with E-state index in [0.29, 0.717) is 49.0 Å². The first-order valence-electron chi connectivity index (χ1n) is 11.0. The smallest absolute Gasteiger partial charge is 0.410 e. The third-order valence-corrected chi connectivity index (χ3v) is 5.54. The Morgan fingerprint density at radius 3 is 2.00 bits per heavy atom. The molecule has 1 saturated heterocycles. The monoisotopic (exact) mass is 487 g/mol. The number of halogens is 1. The molecule has 3 rings (SSSR count). The van der Waals surface area contributed by atoms with Crippen LogP contribution in [0.4, 0.5) is 15.3 Å². The Labute approximate surface area is 205 Å². The van der Waals surface area contributed by atoms with Gasteiger partial charge in [0.05, 0.1) is 19.2 Å². The number of amides is 3. The summed E-state index contributed by atoms with van der Waals surface area (Å²) in [5, 5.41) is 0.574. The van der Waals surface area contributed by atoms with Gasteiger partial charge in [0.1, 0.15) is 5.60 Å². The fourth-order valence-corrected chi connectivity index (χ4v) is 3.64. The Morgan fingerprint density at radius 1 is 0.912 bits per heavy atom. The molecule has 1 aliphatic heterocycles. The quantitative estimate of drug-likeness (QED) is 0.578. The summed E-state index contributed by atoms with van der Waals surface area (Å²) in [6, 6.07) is 13.8. The highest BCUT2D eigenvalue weighted by Gasteiger charge is 2.30. The van der Waals surface area contributed by atoms with Crippen molar-refractivity contribution >= 4 is 35.4 Å². The number of benzene rings is 2. The Hall–Kier alpha value is -3.26. The van der Waals surface area contributed by atoms with Crippen LogP contribution in [0, 0.1) is 0 Å². The standard InChI is InChI=1S/C25H30ClN3O5/c1-25(2,3)34-24(32)28-15-13-27(14-16-28)23(31)29(21-11-9-20(26)10-12-21)17-18-5-7-19(8-6-18)22(30)33-4/h5-12H,13-17H2,1-4H3. The number of carbonyl (C=O) groups is 3. The van der Waals surface area contributed by atoms with E-state index < -0.39 is 11.6 Å². The number of carbonyl (C=O) groups excluding carboxylic acids is 3. The fourth-order valence-electron chi connectivity index (χ4n) is 3.51. The first-order valence-corrected chi connectivity index (χ1v) is 11.4. The average molecular weight is 488 g/mol. The first kappa shape index (κ1) is 25.4. The molecule has 1 aliphatic rings. The van der Waals surface area contributed by atoms with Gasteiger partial charge in [0.2, 0.25) is 0 Å². The molecule has 34 heavy (non-hydrogen) atoms. The second kappa shape index (κ2) is 10.8. The van der Waals surface area contributed by atoms with Crippen LogP contribution >= 0.6 is 11.6 Å². The molecule has 1 fully saturated rings. The molecule has 0 aliphatic carbocycles. The Kier molecular flexibility index (Phi) is 8.04. The second-order valence-corrected chi connectivity index (χ2v) is 9.42. The van der Waals surface area contributed by atoms with Crippen molar-refractivity contribution in [3.8, 4) is 0 Å². The van der Waals surface area contributed by atoms with E-state index in [9.17, 15) is 14.4 Å². The van der Waals surface area contributed by atoms with Gasteiger partial charge in [-0.25, -0.2) is 14.4 Å². The number of anilines is 1. The van der Waals surface area contributed by atoms with Crippen LogP contribution in [0.2, 0.25) is 5.02 Å². The number of hydrogen-bond donors (Lipinski definition) is 0. The second-order valence-electron chi connectivity index (χ2n) is 8.99. The van der Waals surface area contributed by atoms with Crippen molar-refractivity contribution in [2.24, 2.45) is 0 Å². The molecule has 1 heterocycles. The molecule has 3 amide bonds. The van der Waals surface area contributed by atoms with Gasteiger partial charge in [-0.3, -0.25) is 4.90 Å². The highest BCUT2D eigenvalue weighted by atomic mass is 35.5. The molecule has 0 radical (unpaired) electrons. The minimum absolute atomic E-state index is 0.178. The first-order chi connectivity index (χ1) is 16.1. The molecule has 0 atom stereocenters. The normalized spacial score (nSPS) is 13.9. The van der Waals surface area contributed by atoms with Gasteiger partial charge in [-0.05, 0) is 62.7 Å². The van der Waals surface area contributed by atoms with E-state index in [-0.39, 0.29) is 12.1 Å². The van der Waals surface area contributed by atoms with Crippen molar-refractivity contribution in [3.63, 3.8) is 0 Å². The molecule has 0 saturated carbocycles. The molecule has 182 valence electrons. The lowest BCUT2D eigenvalue weighted by Gasteiger charge is -2.38. The maximum atomic E-state index is 13.5. The number of urea groups is 1. The van der Waals surface area contributed by atoms with Crippen LogP contribution in [0.1, 0.15) is 36.7 Å². The number of ether oxygens (including phenoxy) is 2. The van der Waals surface area contributed by atoms with Gasteiger partial charge in [-0.1, -0.05) is 23.7 Å². The average Bonchev–Trinajstić information content (AvgIpc) is 2.81. The Morgan fingerprint density at radius 2 is 1.47 bits per heavy atom. The summed E-state index contributed by atoms with van der Waals surface area (Å²) < 4.78 is 10.2. The largest absolute Gasteiger partial charge is 0.465 e. The van der Waals surface area contributed by atoms with E-state index >= 15 is 0 Å². The van der Waals surface area contributed by atoms with E-state index in [4.69, 9.17) is 21.1 Å². The lowest BCUT2D eigenvalue weighted by molar-refractivity contribution is 0.0172. The van der Waals surface area contributed by atoms with E-state index in [1.807, 2.05) is 20.8 Å². The summed E-state index contributed by atoms with van der Waals surface area (Å²) >= 11 is 6.05. The SMILES string of the molecule is COC(=O)c1ccc(CN(C(=O)N2CCN(C(=O)OC(C)(C)C)CC2)c2ccc(Cl)cc2)cc1. The van der Waals surface area contributed by atoms with Crippen molar-refractivity contribution in [1.82, 2.24) is 9.80 Å². The molecule has 8 nitrogen and oxygen atoms in total. The van der Waals surface area contributed by atoms with Crippen LogP contribution in [0.5, 0.6) is 0 Å². The zero-order valence-corrected chi connectivity index (χ0v) is 20.7. The molecular formula is C25H30ClN3O5. The minimum Gasteiger partial charge on any atom is -0.465 e. The van der Waals surface area contributed by atoms with Crippen LogP contribution in [0.15, 0.2) is 48.5 Å². The van der Waals surface area contributed by atoms with Crippen molar-refractivity contribution in [2.45, 2.75) is 32.9 Å². The van der Waals surface area contributed by atoms with Gasteiger partial charge in [0.15, 0.2) is 0 Å². The predicted molar refractivity (Wildman–Crippen MR) is 130 cm³/mol. The third kappa shape index (κ3) is 6.63. The lowest BCUT2D eigenvalue weighted by atomic mass is 10.1. The van der Waals surface area contributed by atoms with Crippen LogP contribution < -0.4 is 4.90 Å². The summed E-state index contributed by atoms with van der Waals surface area (Å²) in [7, 11) is 1.33. The number of esters is 1. The van der Waals surface area contributed by atoms with Crippen molar-refractivity contribution < 1.29 is 23.9 Å². The maximum Gasteiger partial charge on any atom is 0.410 e. The highest BCUT2D eigenvalue weighted by molar-refractivity contribution is 6.30. The molecule has 0 bridgehead atoms. The van der Waals surface area contributed by atoms with Crippen molar-refractivity contribution in [2.75, 3.05) is 38.2 Å². The van der Waals surface area contributed by atoms with Gasteiger partial charge in [-0.15, -0.1) is 0 Å². The summed E-state index contributed by atoms with van der Waals surface area (Å²) in [6.45, 7) is 7.35. The molecule has 0 unspecified atom stereocenters.